The van der Waals surface area contributed by atoms with Gasteiger partial charge in [-0.3, -0.25) is 0 Å². The molecule has 0 radical (unpaired) electrons. The second-order valence-electron chi connectivity index (χ2n) is 4.62. The molecule has 0 fully saturated rings. The summed E-state index contributed by atoms with van der Waals surface area (Å²) in [6, 6.07) is 0.547. The van der Waals surface area contributed by atoms with Gasteiger partial charge in [0.25, 0.3) is 0 Å². The molecule has 0 aliphatic rings. The van der Waals surface area contributed by atoms with E-state index in [1.807, 2.05) is 0 Å². The van der Waals surface area contributed by atoms with E-state index in [1.54, 1.807) is 0 Å². The number of nitrogens with zero attached hydrogens (tertiary/aromatic N) is 4. The van der Waals surface area contributed by atoms with Crippen LogP contribution in [-0.2, 0) is 0 Å². The molecule has 0 aliphatic heterocycles. The van der Waals surface area contributed by atoms with Crippen LogP contribution < -0.4 is 15.4 Å². The largest absolute Gasteiger partial charge is 0.467 e. The van der Waals surface area contributed by atoms with E-state index in [1.165, 1.54) is 7.11 Å². The van der Waals surface area contributed by atoms with Crippen molar-refractivity contribution in [1.82, 2.24) is 15.0 Å². The molecule has 1 heterocycles. The summed E-state index contributed by atoms with van der Waals surface area (Å²) in [6.45, 7) is 9.35. The van der Waals surface area contributed by atoms with Crippen LogP contribution in [-0.4, -0.2) is 34.6 Å². The summed E-state index contributed by atoms with van der Waals surface area (Å²) in [7, 11) is 1.51. The van der Waals surface area contributed by atoms with E-state index in [0.29, 0.717) is 17.9 Å². The molecule has 6 heteroatoms. The molecular formula is C11H21N5O. The molecule has 0 atom stereocenters. The van der Waals surface area contributed by atoms with Crippen molar-refractivity contribution in [3.8, 4) is 6.01 Å². The lowest BCUT2D eigenvalue weighted by molar-refractivity contribution is 0.378. The topological polar surface area (TPSA) is 77.2 Å². The maximum Gasteiger partial charge on any atom is 0.322 e. The van der Waals surface area contributed by atoms with Crippen molar-refractivity contribution in [2.24, 2.45) is 5.92 Å². The molecule has 0 saturated heterocycles. The normalized spacial score (nSPS) is 11.0. The van der Waals surface area contributed by atoms with Crippen molar-refractivity contribution in [1.29, 1.82) is 0 Å². The number of nitrogens with two attached hydrogens (primary N) is 1. The van der Waals surface area contributed by atoms with Crippen molar-refractivity contribution < 1.29 is 4.74 Å². The summed E-state index contributed by atoms with van der Waals surface area (Å²) in [5.74, 6) is 1.26. The Balaban J connectivity index is 3.04. The van der Waals surface area contributed by atoms with Gasteiger partial charge in [0.15, 0.2) is 0 Å². The fourth-order valence-corrected chi connectivity index (χ4v) is 1.50. The number of aromatic nitrogens is 3. The molecule has 17 heavy (non-hydrogen) atoms. The van der Waals surface area contributed by atoms with Gasteiger partial charge in [-0.1, -0.05) is 13.8 Å². The van der Waals surface area contributed by atoms with Crippen molar-refractivity contribution in [2.75, 3.05) is 24.3 Å². The SMILES string of the molecule is COc1nc(N)nc(N(CC(C)C)C(C)C)n1. The standard InChI is InChI=1S/C11H21N5O/c1-7(2)6-16(8(3)4)10-13-9(12)14-11(15-10)17-5/h7-8H,6H2,1-5H3,(H2,12,13,14,15). The predicted octanol–water partition coefficient (Wildman–Crippen LogP) is 1.33. The summed E-state index contributed by atoms with van der Waals surface area (Å²) in [5, 5.41) is 0. The van der Waals surface area contributed by atoms with Crippen LogP contribution >= 0.6 is 0 Å². The number of nitrogen functional groups attached to an aromatic ring is 1. The van der Waals surface area contributed by atoms with Gasteiger partial charge in [0.2, 0.25) is 11.9 Å². The molecule has 1 aromatic heterocycles. The minimum atomic E-state index is 0.182. The lowest BCUT2D eigenvalue weighted by Gasteiger charge is -2.28. The highest BCUT2D eigenvalue weighted by atomic mass is 16.5. The first-order valence-electron chi connectivity index (χ1n) is 5.76. The summed E-state index contributed by atoms with van der Waals surface area (Å²) < 4.78 is 5.00. The lowest BCUT2D eigenvalue weighted by Crippen LogP contribution is -2.35. The van der Waals surface area contributed by atoms with Crippen molar-refractivity contribution in [2.45, 2.75) is 33.7 Å². The number of anilines is 2. The monoisotopic (exact) mass is 239 g/mol. The Morgan fingerprint density at radius 1 is 1.18 bits per heavy atom. The molecule has 1 rings (SSSR count). The average molecular weight is 239 g/mol. The van der Waals surface area contributed by atoms with Crippen LogP contribution in [0, 0.1) is 5.92 Å². The third-order valence-corrected chi connectivity index (χ3v) is 2.25. The van der Waals surface area contributed by atoms with Gasteiger partial charge in [-0.25, -0.2) is 0 Å². The summed E-state index contributed by atoms with van der Waals surface area (Å²) in [5.41, 5.74) is 5.63. The Morgan fingerprint density at radius 2 is 1.82 bits per heavy atom. The molecule has 0 bridgehead atoms. The smallest absolute Gasteiger partial charge is 0.322 e. The quantitative estimate of drug-likeness (QED) is 0.835. The van der Waals surface area contributed by atoms with Crippen molar-refractivity contribution in [3.63, 3.8) is 0 Å². The molecular weight excluding hydrogens is 218 g/mol. The Kier molecular flexibility index (Phi) is 4.48. The first kappa shape index (κ1) is 13.5. The van der Waals surface area contributed by atoms with E-state index < -0.39 is 0 Å². The zero-order chi connectivity index (χ0) is 13.0. The number of hydrogen-bond donors (Lipinski definition) is 1. The third-order valence-electron chi connectivity index (χ3n) is 2.25. The Morgan fingerprint density at radius 3 is 2.29 bits per heavy atom. The summed E-state index contributed by atoms with van der Waals surface area (Å²) in [4.78, 5) is 14.4. The zero-order valence-corrected chi connectivity index (χ0v) is 11.1. The van der Waals surface area contributed by atoms with Gasteiger partial charge in [-0.15, -0.1) is 0 Å². The molecule has 1 aromatic rings. The molecule has 6 nitrogen and oxygen atoms in total. The van der Waals surface area contributed by atoms with Gasteiger partial charge in [0, 0.05) is 12.6 Å². The second kappa shape index (κ2) is 5.65. The van der Waals surface area contributed by atoms with E-state index in [4.69, 9.17) is 10.5 Å². The summed E-state index contributed by atoms with van der Waals surface area (Å²) in [6.07, 6.45) is 0. The maximum atomic E-state index is 5.63. The minimum Gasteiger partial charge on any atom is -0.467 e. The Hall–Kier alpha value is -1.59. The van der Waals surface area contributed by atoms with Gasteiger partial charge in [-0.2, -0.15) is 15.0 Å². The van der Waals surface area contributed by atoms with E-state index >= 15 is 0 Å². The molecule has 96 valence electrons. The molecule has 2 N–H and O–H groups in total. The number of methoxy groups -OCH3 is 1. The van der Waals surface area contributed by atoms with E-state index in [-0.39, 0.29) is 12.0 Å². The molecule has 0 unspecified atom stereocenters. The van der Waals surface area contributed by atoms with Crippen LogP contribution in [0.5, 0.6) is 6.01 Å². The van der Waals surface area contributed by atoms with Gasteiger partial charge >= 0.3 is 6.01 Å². The maximum absolute atomic E-state index is 5.63. The van der Waals surface area contributed by atoms with Gasteiger partial charge in [0.1, 0.15) is 0 Å². The van der Waals surface area contributed by atoms with Crippen LogP contribution in [0.4, 0.5) is 11.9 Å². The highest BCUT2D eigenvalue weighted by molar-refractivity contribution is 5.36. The molecule has 0 amide bonds. The number of hydrogen-bond acceptors (Lipinski definition) is 6. The fourth-order valence-electron chi connectivity index (χ4n) is 1.50. The van der Waals surface area contributed by atoms with E-state index in [0.717, 1.165) is 6.54 Å². The van der Waals surface area contributed by atoms with Gasteiger partial charge in [0.05, 0.1) is 7.11 Å². The van der Waals surface area contributed by atoms with Crippen LogP contribution in [0.25, 0.3) is 0 Å². The molecule has 0 spiro atoms. The van der Waals surface area contributed by atoms with Crippen molar-refractivity contribution >= 4 is 11.9 Å². The molecule has 0 saturated carbocycles. The van der Waals surface area contributed by atoms with Gasteiger partial charge in [-0.05, 0) is 19.8 Å². The Labute approximate surface area is 102 Å². The first-order chi connectivity index (χ1) is 7.93. The number of rotatable bonds is 5. The van der Waals surface area contributed by atoms with E-state index in [9.17, 15) is 0 Å². The van der Waals surface area contributed by atoms with Crippen molar-refractivity contribution in [3.05, 3.63) is 0 Å². The molecule has 0 aromatic carbocycles. The van der Waals surface area contributed by atoms with E-state index in [2.05, 4.69) is 47.5 Å². The zero-order valence-electron chi connectivity index (χ0n) is 11.1. The van der Waals surface area contributed by atoms with Crippen LogP contribution in [0.1, 0.15) is 27.7 Å². The summed E-state index contributed by atoms with van der Waals surface area (Å²) >= 11 is 0. The highest BCUT2D eigenvalue weighted by Crippen LogP contribution is 2.17. The van der Waals surface area contributed by atoms with Gasteiger partial charge < -0.3 is 15.4 Å². The third kappa shape index (κ3) is 3.72. The average Bonchev–Trinajstić information content (AvgIpc) is 2.24. The van der Waals surface area contributed by atoms with Crippen LogP contribution in [0.15, 0.2) is 0 Å². The van der Waals surface area contributed by atoms with Crippen LogP contribution in [0.3, 0.4) is 0 Å². The lowest BCUT2D eigenvalue weighted by atomic mass is 10.2. The van der Waals surface area contributed by atoms with Crippen LogP contribution in [0.2, 0.25) is 0 Å². The fraction of sp³-hybridized carbons (Fsp3) is 0.727. The Bertz CT molecular complexity index is 367. The molecule has 0 aliphatic carbocycles. The number of ether oxygens (including phenoxy) is 1. The predicted molar refractivity (Wildman–Crippen MR) is 68.1 cm³/mol. The first-order valence-corrected chi connectivity index (χ1v) is 5.76. The second-order valence-corrected chi connectivity index (χ2v) is 4.62. The highest BCUT2D eigenvalue weighted by Gasteiger charge is 2.17. The minimum absolute atomic E-state index is 0.182.